The van der Waals surface area contributed by atoms with Gasteiger partial charge in [-0.1, -0.05) is 6.92 Å². The van der Waals surface area contributed by atoms with Gasteiger partial charge >= 0.3 is 11.6 Å². The van der Waals surface area contributed by atoms with Crippen molar-refractivity contribution in [1.82, 2.24) is 9.55 Å². The van der Waals surface area contributed by atoms with Gasteiger partial charge in [0.15, 0.2) is 0 Å². The summed E-state index contributed by atoms with van der Waals surface area (Å²) in [5, 5.41) is 0.825. The predicted molar refractivity (Wildman–Crippen MR) is 108 cm³/mol. The molecule has 0 atom stereocenters. The Labute approximate surface area is 169 Å². The van der Waals surface area contributed by atoms with Crippen LogP contribution in [0.5, 0.6) is 5.75 Å². The summed E-state index contributed by atoms with van der Waals surface area (Å²) in [6, 6.07) is 8.39. The molecule has 0 radical (unpaired) electrons. The first-order valence-corrected chi connectivity index (χ1v) is 9.28. The second kappa shape index (κ2) is 7.55. The number of carbonyl (C=O) groups is 1. The molecule has 7 nitrogen and oxygen atoms in total. The van der Waals surface area contributed by atoms with Crippen molar-refractivity contribution in [2.45, 2.75) is 26.8 Å². The molecule has 2 aromatic carbocycles. The van der Waals surface area contributed by atoms with Gasteiger partial charge in [-0.15, -0.1) is 0 Å². The second-order valence-electron chi connectivity index (χ2n) is 6.87. The third-order valence-corrected chi connectivity index (χ3v) is 4.82. The van der Waals surface area contributed by atoms with E-state index in [1.54, 1.807) is 6.92 Å². The minimum absolute atomic E-state index is 0.0718. The van der Waals surface area contributed by atoms with Crippen LogP contribution in [0.15, 0.2) is 56.7 Å². The molecule has 0 bridgehead atoms. The van der Waals surface area contributed by atoms with Crippen LogP contribution in [0.25, 0.3) is 21.9 Å². The Bertz CT molecular complexity index is 1420. The van der Waals surface area contributed by atoms with E-state index in [1.165, 1.54) is 30.6 Å². The van der Waals surface area contributed by atoms with E-state index in [2.05, 4.69) is 4.98 Å². The number of rotatable bonds is 4. The van der Waals surface area contributed by atoms with E-state index in [4.69, 9.17) is 9.15 Å². The van der Waals surface area contributed by atoms with E-state index in [-0.39, 0.29) is 11.1 Å². The standard InChI is InChI=1S/C22H17FN2O5/c1-3-13-7-15-12(2)6-20(26)30-19(15)9-18(13)29-21(27)10-25-11-24-17-5-4-14(23)8-16(17)22(25)28/h4-9,11H,3,10H2,1-2H3. The van der Waals surface area contributed by atoms with E-state index in [0.29, 0.717) is 17.5 Å². The minimum atomic E-state index is -0.710. The maximum Gasteiger partial charge on any atom is 0.336 e. The Morgan fingerprint density at radius 2 is 1.97 bits per heavy atom. The van der Waals surface area contributed by atoms with E-state index in [1.807, 2.05) is 13.0 Å². The van der Waals surface area contributed by atoms with E-state index >= 15 is 0 Å². The van der Waals surface area contributed by atoms with Crippen molar-refractivity contribution in [3.8, 4) is 5.75 Å². The van der Waals surface area contributed by atoms with Gasteiger partial charge in [0.25, 0.3) is 5.56 Å². The molecule has 0 aliphatic carbocycles. The Kier molecular flexibility index (Phi) is 4.91. The van der Waals surface area contributed by atoms with Crippen LogP contribution in [0.3, 0.4) is 0 Å². The number of fused-ring (bicyclic) bond motifs is 2. The highest BCUT2D eigenvalue weighted by molar-refractivity contribution is 5.84. The summed E-state index contributed by atoms with van der Waals surface area (Å²) >= 11 is 0. The maximum atomic E-state index is 13.5. The second-order valence-corrected chi connectivity index (χ2v) is 6.87. The fourth-order valence-electron chi connectivity index (χ4n) is 3.30. The highest BCUT2D eigenvalue weighted by atomic mass is 19.1. The fourth-order valence-corrected chi connectivity index (χ4v) is 3.30. The highest BCUT2D eigenvalue weighted by Crippen LogP contribution is 2.28. The first kappa shape index (κ1) is 19.5. The summed E-state index contributed by atoms with van der Waals surface area (Å²) in [4.78, 5) is 40.8. The molecule has 0 N–H and O–H groups in total. The normalized spacial score (nSPS) is 11.2. The van der Waals surface area contributed by atoms with Crippen LogP contribution in [0.4, 0.5) is 4.39 Å². The largest absolute Gasteiger partial charge is 0.425 e. The van der Waals surface area contributed by atoms with Gasteiger partial charge in [0.2, 0.25) is 0 Å². The zero-order chi connectivity index (χ0) is 21.4. The van der Waals surface area contributed by atoms with Crippen LogP contribution in [-0.2, 0) is 17.8 Å². The van der Waals surface area contributed by atoms with Gasteiger partial charge in [0.05, 0.1) is 17.2 Å². The number of benzene rings is 2. The van der Waals surface area contributed by atoms with Crippen LogP contribution in [0.2, 0.25) is 0 Å². The van der Waals surface area contributed by atoms with Crippen molar-refractivity contribution in [3.63, 3.8) is 0 Å². The van der Waals surface area contributed by atoms with Crippen molar-refractivity contribution in [2.24, 2.45) is 0 Å². The molecule has 0 spiro atoms. The lowest BCUT2D eigenvalue weighted by Gasteiger charge is -2.12. The molecule has 152 valence electrons. The lowest BCUT2D eigenvalue weighted by molar-refractivity contribution is -0.135. The molecule has 8 heteroatoms. The number of hydrogen-bond acceptors (Lipinski definition) is 6. The molecule has 0 unspecified atom stereocenters. The van der Waals surface area contributed by atoms with Crippen LogP contribution in [-0.4, -0.2) is 15.5 Å². The van der Waals surface area contributed by atoms with Crippen molar-refractivity contribution in [2.75, 3.05) is 0 Å². The summed E-state index contributed by atoms with van der Waals surface area (Å²) in [6.45, 7) is 3.29. The van der Waals surface area contributed by atoms with Gasteiger partial charge in [-0.05, 0) is 48.7 Å². The maximum absolute atomic E-state index is 13.5. The van der Waals surface area contributed by atoms with Crippen molar-refractivity contribution in [3.05, 3.63) is 80.4 Å². The lowest BCUT2D eigenvalue weighted by Crippen LogP contribution is -2.27. The first-order valence-electron chi connectivity index (χ1n) is 9.28. The number of ether oxygens (including phenoxy) is 1. The van der Waals surface area contributed by atoms with E-state index < -0.39 is 29.5 Å². The summed E-state index contributed by atoms with van der Waals surface area (Å²) in [6.07, 6.45) is 1.79. The molecule has 0 saturated heterocycles. The number of nitrogens with zero attached hydrogens (tertiary/aromatic N) is 2. The Balaban J connectivity index is 1.66. The monoisotopic (exact) mass is 408 g/mol. The minimum Gasteiger partial charge on any atom is -0.425 e. The molecule has 4 rings (SSSR count). The molecule has 0 amide bonds. The van der Waals surface area contributed by atoms with Crippen LogP contribution in [0, 0.1) is 12.7 Å². The number of hydrogen-bond donors (Lipinski definition) is 0. The van der Waals surface area contributed by atoms with Crippen LogP contribution >= 0.6 is 0 Å². The van der Waals surface area contributed by atoms with Gasteiger partial charge in [-0.25, -0.2) is 19.0 Å². The average Bonchev–Trinajstić information content (AvgIpc) is 2.70. The van der Waals surface area contributed by atoms with Gasteiger partial charge in [0, 0.05) is 17.5 Å². The molecule has 2 heterocycles. The summed E-state index contributed by atoms with van der Waals surface area (Å²) < 4.78 is 25.2. The third kappa shape index (κ3) is 3.59. The molecule has 0 aliphatic rings. The van der Waals surface area contributed by atoms with E-state index in [9.17, 15) is 18.8 Å². The van der Waals surface area contributed by atoms with Gasteiger partial charge in [0.1, 0.15) is 23.7 Å². The summed E-state index contributed by atoms with van der Waals surface area (Å²) in [7, 11) is 0. The molecule has 30 heavy (non-hydrogen) atoms. The smallest absolute Gasteiger partial charge is 0.336 e. The number of aromatic nitrogens is 2. The number of esters is 1. The molecule has 0 aliphatic heterocycles. The first-order chi connectivity index (χ1) is 14.4. The van der Waals surface area contributed by atoms with Gasteiger partial charge in [-0.2, -0.15) is 0 Å². The molecular formula is C22H17FN2O5. The number of halogens is 1. The molecule has 0 fully saturated rings. The molecule has 4 aromatic rings. The SMILES string of the molecule is CCc1cc2c(C)cc(=O)oc2cc1OC(=O)Cn1cnc2ccc(F)cc2c1=O. The Hall–Kier alpha value is -3.81. The fraction of sp³-hybridized carbons (Fsp3) is 0.182. The van der Waals surface area contributed by atoms with Crippen LogP contribution < -0.4 is 15.9 Å². The molecule has 2 aromatic heterocycles. The lowest BCUT2D eigenvalue weighted by atomic mass is 10.1. The summed E-state index contributed by atoms with van der Waals surface area (Å²) in [5.74, 6) is -1.03. The van der Waals surface area contributed by atoms with Gasteiger partial charge < -0.3 is 9.15 Å². The molecular weight excluding hydrogens is 391 g/mol. The van der Waals surface area contributed by atoms with Crippen molar-refractivity contribution >= 4 is 27.8 Å². The zero-order valence-electron chi connectivity index (χ0n) is 16.3. The Morgan fingerprint density at radius 3 is 2.73 bits per heavy atom. The number of carbonyl (C=O) groups excluding carboxylic acids is 1. The highest BCUT2D eigenvalue weighted by Gasteiger charge is 2.15. The van der Waals surface area contributed by atoms with Crippen molar-refractivity contribution < 1.29 is 18.3 Å². The van der Waals surface area contributed by atoms with E-state index in [0.717, 1.165) is 27.1 Å². The average molecular weight is 408 g/mol. The Morgan fingerprint density at radius 1 is 1.17 bits per heavy atom. The topological polar surface area (TPSA) is 91.4 Å². The predicted octanol–water partition coefficient (Wildman–Crippen LogP) is 3.12. The van der Waals surface area contributed by atoms with Crippen LogP contribution in [0.1, 0.15) is 18.1 Å². The zero-order valence-corrected chi connectivity index (χ0v) is 16.3. The van der Waals surface area contributed by atoms with Gasteiger partial charge in [-0.3, -0.25) is 9.36 Å². The quantitative estimate of drug-likeness (QED) is 0.293. The third-order valence-electron chi connectivity index (χ3n) is 4.82. The van der Waals surface area contributed by atoms with Crippen molar-refractivity contribution in [1.29, 1.82) is 0 Å². The summed E-state index contributed by atoms with van der Waals surface area (Å²) in [5.41, 5.74) is 1.10. The number of aryl methyl sites for hydroxylation is 2. The molecule has 0 saturated carbocycles.